The van der Waals surface area contributed by atoms with Crippen LogP contribution in [0.1, 0.15) is 33.2 Å². The number of rotatable bonds is 7. The summed E-state index contributed by atoms with van der Waals surface area (Å²) in [5.74, 6) is -1.22. The van der Waals surface area contributed by atoms with E-state index in [0.29, 0.717) is 0 Å². The largest absolute Gasteiger partial charge is 0.462 e. The van der Waals surface area contributed by atoms with Crippen LogP contribution < -0.4 is 10.0 Å². The van der Waals surface area contributed by atoms with Crippen molar-refractivity contribution in [2.24, 2.45) is 0 Å². The standard InChI is InChI=1S/C23H20Cl2N2O5S/c1-3-32-23(29)19-12-15(6-10-21(19)25)26-22(28)18-13-16(7-11-20(18)24)27-33(30,31)17-8-4-14(2)5-9-17/h4-13,27H,3H2,1-2H3,(H,26,28). The van der Waals surface area contributed by atoms with E-state index in [1.54, 1.807) is 19.1 Å². The second kappa shape index (κ2) is 10.2. The van der Waals surface area contributed by atoms with Gasteiger partial charge in [0.1, 0.15) is 0 Å². The maximum absolute atomic E-state index is 12.8. The molecule has 0 saturated heterocycles. The van der Waals surface area contributed by atoms with Crippen LogP contribution in [0.15, 0.2) is 65.6 Å². The second-order valence-corrected chi connectivity index (χ2v) is 9.48. The normalized spacial score (nSPS) is 11.0. The van der Waals surface area contributed by atoms with Crippen LogP contribution in [0.4, 0.5) is 11.4 Å². The minimum atomic E-state index is -3.86. The topological polar surface area (TPSA) is 102 Å². The molecule has 33 heavy (non-hydrogen) atoms. The Morgan fingerprint density at radius 1 is 0.879 bits per heavy atom. The Morgan fingerprint density at radius 2 is 1.45 bits per heavy atom. The summed E-state index contributed by atoms with van der Waals surface area (Å²) in [5.41, 5.74) is 1.51. The predicted octanol–water partition coefficient (Wildman–Crippen LogP) is 5.53. The molecule has 0 heterocycles. The highest BCUT2D eigenvalue weighted by atomic mass is 35.5. The number of esters is 1. The number of ether oxygens (including phenoxy) is 1. The Hall–Kier alpha value is -3.07. The van der Waals surface area contributed by atoms with E-state index in [1.165, 1.54) is 48.5 Å². The van der Waals surface area contributed by atoms with E-state index in [2.05, 4.69) is 10.0 Å². The summed E-state index contributed by atoms with van der Waals surface area (Å²) in [6, 6.07) is 14.9. The SMILES string of the molecule is CCOC(=O)c1cc(NC(=O)c2cc(NS(=O)(=O)c3ccc(C)cc3)ccc2Cl)ccc1Cl. The zero-order valence-corrected chi connectivity index (χ0v) is 20.0. The lowest BCUT2D eigenvalue weighted by Crippen LogP contribution is -2.16. The van der Waals surface area contributed by atoms with Crippen molar-refractivity contribution in [3.8, 4) is 0 Å². The van der Waals surface area contributed by atoms with Crippen LogP contribution in [0.3, 0.4) is 0 Å². The molecule has 7 nitrogen and oxygen atoms in total. The van der Waals surface area contributed by atoms with E-state index in [1.807, 2.05) is 6.92 Å². The first kappa shape index (κ1) is 24.6. The average molecular weight is 507 g/mol. The van der Waals surface area contributed by atoms with Crippen molar-refractivity contribution in [3.05, 3.63) is 87.4 Å². The lowest BCUT2D eigenvalue weighted by Gasteiger charge is -2.12. The first-order chi connectivity index (χ1) is 15.6. The molecule has 3 rings (SSSR count). The average Bonchev–Trinajstić information content (AvgIpc) is 2.76. The molecule has 0 aromatic heterocycles. The van der Waals surface area contributed by atoms with Gasteiger partial charge in [-0.25, -0.2) is 13.2 Å². The number of nitrogens with one attached hydrogen (secondary N) is 2. The van der Waals surface area contributed by atoms with Crippen molar-refractivity contribution in [1.82, 2.24) is 0 Å². The summed E-state index contributed by atoms with van der Waals surface area (Å²) in [4.78, 5) is 25.0. The highest BCUT2D eigenvalue weighted by Crippen LogP contribution is 2.26. The van der Waals surface area contributed by atoms with E-state index in [-0.39, 0.29) is 44.0 Å². The number of sulfonamides is 1. The number of carbonyl (C=O) groups excluding carboxylic acids is 2. The minimum absolute atomic E-state index is 0.0356. The Kier molecular flexibility index (Phi) is 7.63. The molecule has 0 spiro atoms. The molecule has 0 radical (unpaired) electrons. The summed E-state index contributed by atoms with van der Waals surface area (Å²) in [6.07, 6.45) is 0. The van der Waals surface area contributed by atoms with Gasteiger partial charge in [0.15, 0.2) is 0 Å². The van der Waals surface area contributed by atoms with Crippen molar-refractivity contribution >= 4 is 56.5 Å². The molecular formula is C23H20Cl2N2O5S. The Labute approximate surface area is 201 Å². The molecule has 10 heteroatoms. The van der Waals surface area contributed by atoms with Crippen LogP contribution in [-0.4, -0.2) is 26.9 Å². The van der Waals surface area contributed by atoms with Gasteiger partial charge in [-0.15, -0.1) is 0 Å². The highest BCUT2D eigenvalue weighted by molar-refractivity contribution is 7.92. The molecule has 0 bridgehead atoms. The fourth-order valence-corrected chi connectivity index (χ4v) is 4.31. The van der Waals surface area contributed by atoms with Gasteiger partial charge in [-0.2, -0.15) is 0 Å². The Morgan fingerprint density at radius 3 is 2.09 bits per heavy atom. The van der Waals surface area contributed by atoms with Gasteiger partial charge >= 0.3 is 5.97 Å². The molecule has 172 valence electrons. The molecule has 0 aliphatic carbocycles. The van der Waals surface area contributed by atoms with Gasteiger partial charge in [0.25, 0.3) is 15.9 Å². The van der Waals surface area contributed by atoms with Gasteiger partial charge in [0.2, 0.25) is 0 Å². The summed E-state index contributed by atoms with van der Waals surface area (Å²) in [7, 11) is -3.86. The van der Waals surface area contributed by atoms with E-state index in [4.69, 9.17) is 27.9 Å². The zero-order valence-electron chi connectivity index (χ0n) is 17.7. The number of carbonyl (C=O) groups is 2. The third-order valence-corrected chi connectivity index (χ3v) is 6.57. The van der Waals surface area contributed by atoms with E-state index >= 15 is 0 Å². The quantitative estimate of drug-likeness (QED) is 0.410. The van der Waals surface area contributed by atoms with E-state index in [9.17, 15) is 18.0 Å². The number of benzene rings is 3. The fourth-order valence-electron chi connectivity index (χ4n) is 2.86. The van der Waals surface area contributed by atoms with Gasteiger partial charge < -0.3 is 10.1 Å². The first-order valence-electron chi connectivity index (χ1n) is 9.78. The molecule has 0 fully saturated rings. The van der Waals surface area contributed by atoms with E-state index < -0.39 is 21.9 Å². The summed E-state index contributed by atoms with van der Waals surface area (Å²) >= 11 is 12.2. The van der Waals surface area contributed by atoms with Crippen molar-refractivity contribution in [2.45, 2.75) is 18.7 Å². The summed E-state index contributed by atoms with van der Waals surface area (Å²) in [5, 5.41) is 2.92. The highest BCUT2D eigenvalue weighted by Gasteiger charge is 2.18. The number of amides is 1. The summed E-state index contributed by atoms with van der Waals surface area (Å²) < 4.78 is 32.7. The smallest absolute Gasteiger partial charge is 0.339 e. The minimum Gasteiger partial charge on any atom is -0.462 e. The molecule has 0 unspecified atom stereocenters. The van der Waals surface area contributed by atoms with Crippen LogP contribution in [0.2, 0.25) is 10.0 Å². The molecule has 0 atom stereocenters. The molecule has 2 N–H and O–H groups in total. The monoisotopic (exact) mass is 506 g/mol. The van der Waals surface area contributed by atoms with Gasteiger partial charge in [0.05, 0.1) is 32.7 Å². The van der Waals surface area contributed by atoms with Crippen LogP contribution in [0.5, 0.6) is 0 Å². The third kappa shape index (κ3) is 6.04. The first-order valence-corrected chi connectivity index (χ1v) is 12.0. The molecular weight excluding hydrogens is 487 g/mol. The molecule has 1 amide bonds. The number of hydrogen-bond donors (Lipinski definition) is 2. The number of aryl methyl sites for hydroxylation is 1. The molecule has 0 aliphatic rings. The van der Waals surface area contributed by atoms with Crippen molar-refractivity contribution in [1.29, 1.82) is 0 Å². The molecule has 0 saturated carbocycles. The molecule has 3 aromatic carbocycles. The summed E-state index contributed by atoms with van der Waals surface area (Å²) in [6.45, 7) is 3.69. The second-order valence-electron chi connectivity index (χ2n) is 6.98. The third-order valence-electron chi connectivity index (χ3n) is 4.51. The molecule has 0 aliphatic heterocycles. The number of anilines is 2. The van der Waals surface area contributed by atoms with Crippen LogP contribution in [-0.2, 0) is 14.8 Å². The van der Waals surface area contributed by atoms with Crippen LogP contribution in [0.25, 0.3) is 0 Å². The van der Waals surface area contributed by atoms with Gasteiger partial charge in [-0.05, 0) is 62.4 Å². The molecule has 3 aromatic rings. The van der Waals surface area contributed by atoms with Crippen molar-refractivity contribution in [3.63, 3.8) is 0 Å². The Bertz CT molecular complexity index is 1310. The van der Waals surface area contributed by atoms with Crippen molar-refractivity contribution < 1.29 is 22.7 Å². The maximum atomic E-state index is 12.8. The van der Waals surface area contributed by atoms with Crippen LogP contribution in [0, 0.1) is 6.92 Å². The van der Waals surface area contributed by atoms with Crippen LogP contribution >= 0.6 is 23.2 Å². The number of halogens is 2. The lowest BCUT2D eigenvalue weighted by atomic mass is 10.1. The lowest BCUT2D eigenvalue weighted by molar-refractivity contribution is 0.0526. The van der Waals surface area contributed by atoms with Gasteiger partial charge in [-0.3, -0.25) is 9.52 Å². The maximum Gasteiger partial charge on any atom is 0.339 e. The Balaban J connectivity index is 1.83. The number of hydrogen-bond acceptors (Lipinski definition) is 5. The van der Waals surface area contributed by atoms with Gasteiger partial charge in [0, 0.05) is 11.4 Å². The van der Waals surface area contributed by atoms with Crippen molar-refractivity contribution in [2.75, 3.05) is 16.6 Å². The van der Waals surface area contributed by atoms with Gasteiger partial charge in [-0.1, -0.05) is 40.9 Å². The fraction of sp³-hybridized carbons (Fsp3) is 0.130. The van der Waals surface area contributed by atoms with E-state index in [0.717, 1.165) is 5.56 Å². The zero-order chi connectivity index (χ0) is 24.2. The predicted molar refractivity (Wildman–Crippen MR) is 129 cm³/mol.